The van der Waals surface area contributed by atoms with Crippen LogP contribution in [0.4, 0.5) is 10.6 Å². The maximum absolute atomic E-state index is 11.0. The van der Waals surface area contributed by atoms with Gasteiger partial charge >= 0.3 is 6.09 Å². The van der Waals surface area contributed by atoms with E-state index in [2.05, 4.69) is 4.98 Å². The Bertz CT molecular complexity index is 317. The number of pyridine rings is 1. The van der Waals surface area contributed by atoms with Gasteiger partial charge in [-0.05, 0) is 32.9 Å². The smallest absolute Gasteiger partial charge is 0.413 e. The molecule has 0 aliphatic heterocycles. The molecule has 0 bridgehead atoms. The lowest BCUT2D eigenvalue weighted by molar-refractivity contribution is 0.195. The first-order valence-electron chi connectivity index (χ1n) is 4.37. The Morgan fingerprint density at radius 3 is 2.43 bits per heavy atom. The fourth-order valence-electron chi connectivity index (χ4n) is 1.21. The van der Waals surface area contributed by atoms with E-state index in [1.807, 2.05) is 20.8 Å². The number of hydrogen-bond acceptors (Lipinski definition) is 2. The number of carboxylic acid groups (broad SMARTS) is 1. The minimum atomic E-state index is -0.990. The van der Waals surface area contributed by atoms with Crippen LogP contribution in [0.2, 0.25) is 0 Å². The standard InChI is InChI=1S/C10H14N2O2/c1-10(2,3)12(9(13)14)8-6-4-5-7-11-8/h4-7H,1-3H3,(H,13,14). The predicted molar refractivity (Wildman–Crippen MR) is 54.5 cm³/mol. The average molecular weight is 194 g/mol. The zero-order valence-electron chi connectivity index (χ0n) is 8.56. The Balaban J connectivity index is 3.08. The van der Waals surface area contributed by atoms with E-state index in [9.17, 15) is 4.79 Å². The van der Waals surface area contributed by atoms with Crippen LogP contribution < -0.4 is 4.90 Å². The summed E-state index contributed by atoms with van der Waals surface area (Å²) in [4.78, 5) is 16.3. The SMILES string of the molecule is CC(C)(C)N(C(=O)O)c1ccccn1. The maximum Gasteiger partial charge on any atom is 0.413 e. The Morgan fingerprint density at radius 1 is 1.43 bits per heavy atom. The summed E-state index contributed by atoms with van der Waals surface area (Å²) in [6.07, 6.45) is 0.591. The predicted octanol–water partition coefficient (Wildman–Crippen LogP) is 2.36. The van der Waals surface area contributed by atoms with Gasteiger partial charge in [-0.15, -0.1) is 0 Å². The molecule has 1 rings (SSSR count). The fraction of sp³-hybridized carbons (Fsp3) is 0.400. The molecule has 0 aliphatic carbocycles. The molecule has 4 nitrogen and oxygen atoms in total. The van der Waals surface area contributed by atoms with Crippen molar-refractivity contribution in [1.29, 1.82) is 0 Å². The van der Waals surface area contributed by atoms with Crippen molar-refractivity contribution in [3.8, 4) is 0 Å². The lowest BCUT2D eigenvalue weighted by Gasteiger charge is -2.31. The molecule has 0 saturated heterocycles. The summed E-state index contributed by atoms with van der Waals surface area (Å²) < 4.78 is 0. The minimum Gasteiger partial charge on any atom is -0.465 e. The van der Waals surface area contributed by atoms with Gasteiger partial charge in [-0.25, -0.2) is 9.78 Å². The molecule has 0 fully saturated rings. The highest BCUT2D eigenvalue weighted by atomic mass is 16.4. The first-order chi connectivity index (χ1) is 6.43. The Kier molecular flexibility index (Phi) is 2.74. The Morgan fingerprint density at radius 2 is 2.07 bits per heavy atom. The number of hydrogen-bond donors (Lipinski definition) is 1. The molecule has 1 N–H and O–H groups in total. The largest absolute Gasteiger partial charge is 0.465 e. The van der Waals surface area contributed by atoms with E-state index in [0.29, 0.717) is 5.82 Å². The summed E-state index contributed by atoms with van der Waals surface area (Å²) in [6, 6.07) is 5.20. The van der Waals surface area contributed by atoms with E-state index in [-0.39, 0.29) is 0 Å². The topological polar surface area (TPSA) is 53.4 Å². The van der Waals surface area contributed by atoms with Gasteiger partial charge in [-0.2, -0.15) is 0 Å². The van der Waals surface area contributed by atoms with E-state index in [4.69, 9.17) is 5.11 Å². The third-order valence-electron chi connectivity index (χ3n) is 1.74. The van der Waals surface area contributed by atoms with Crippen molar-refractivity contribution >= 4 is 11.9 Å². The maximum atomic E-state index is 11.0. The summed E-state index contributed by atoms with van der Waals surface area (Å²) in [5.74, 6) is 0.451. The van der Waals surface area contributed by atoms with Crippen LogP contribution in [0.5, 0.6) is 0 Å². The van der Waals surface area contributed by atoms with Gasteiger partial charge in [0.25, 0.3) is 0 Å². The van der Waals surface area contributed by atoms with Gasteiger partial charge in [-0.1, -0.05) is 6.07 Å². The van der Waals surface area contributed by atoms with Crippen molar-refractivity contribution in [2.75, 3.05) is 4.90 Å². The lowest BCUT2D eigenvalue weighted by atomic mass is 10.1. The molecular formula is C10H14N2O2. The monoisotopic (exact) mass is 194 g/mol. The van der Waals surface area contributed by atoms with Crippen molar-refractivity contribution in [3.63, 3.8) is 0 Å². The number of carbonyl (C=O) groups is 1. The molecule has 4 heteroatoms. The quantitative estimate of drug-likeness (QED) is 0.746. The van der Waals surface area contributed by atoms with E-state index in [0.717, 1.165) is 0 Å². The first-order valence-corrected chi connectivity index (χ1v) is 4.37. The van der Waals surface area contributed by atoms with E-state index >= 15 is 0 Å². The van der Waals surface area contributed by atoms with Gasteiger partial charge in [-0.3, -0.25) is 4.90 Å². The summed E-state index contributed by atoms with van der Waals surface area (Å²) in [5.41, 5.74) is -0.486. The molecular weight excluding hydrogens is 180 g/mol. The summed E-state index contributed by atoms with van der Waals surface area (Å²) >= 11 is 0. The molecule has 0 atom stereocenters. The first kappa shape index (κ1) is 10.5. The number of nitrogens with zero attached hydrogens (tertiary/aromatic N) is 2. The second-order valence-electron chi connectivity index (χ2n) is 3.98. The number of aromatic nitrogens is 1. The molecule has 0 radical (unpaired) electrons. The Hall–Kier alpha value is -1.58. The van der Waals surface area contributed by atoms with Gasteiger partial charge in [0.15, 0.2) is 0 Å². The molecule has 0 saturated carbocycles. The molecule has 1 aromatic rings. The van der Waals surface area contributed by atoms with Crippen LogP contribution in [0.25, 0.3) is 0 Å². The molecule has 1 heterocycles. The zero-order chi connectivity index (χ0) is 10.8. The van der Waals surface area contributed by atoms with Crippen LogP contribution in [0.3, 0.4) is 0 Å². The van der Waals surface area contributed by atoms with E-state index in [1.165, 1.54) is 4.90 Å². The zero-order valence-corrected chi connectivity index (χ0v) is 8.56. The molecule has 76 valence electrons. The highest BCUT2D eigenvalue weighted by Gasteiger charge is 2.28. The third kappa shape index (κ3) is 2.22. The van der Waals surface area contributed by atoms with Gasteiger partial charge < -0.3 is 5.11 Å². The second-order valence-corrected chi connectivity index (χ2v) is 3.98. The van der Waals surface area contributed by atoms with E-state index in [1.54, 1.807) is 24.4 Å². The minimum absolute atomic E-state index is 0.451. The van der Waals surface area contributed by atoms with Crippen LogP contribution in [0, 0.1) is 0 Å². The normalized spacial score (nSPS) is 11.1. The number of amides is 1. The van der Waals surface area contributed by atoms with Gasteiger partial charge in [0.05, 0.1) is 0 Å². The van der Waals surface area contributed by atoms with Crippen LogP contribution >= 0.6 is 0 Å². The van der Waals surface area contributed by atoms with Crippen molar-refractivity contribution in [3.05, 3.63) is 24.4 Å². The van der Waals surface area contributed by atoms with Crippen molar-refractivity contribution in [2.24, 2.45) is 0 Å². The summed E-state index contributed by atoms with van der Waals surface area (Å²) in [7, 11) is 0. The van der Waals surface area contributed by atoms with Gasteiger partial charge in [0, 0.05) is 11.7 Å². The molecule has 1 amide bonds. The van der Waals surface area contributed by atoms with E-state index < -0.39 is 11.6 Å². The van der Waals surface area contributed by atoms with Crippen LogP contribution in [-0.2, 0) is 0 Å². The van der Waals surface area contributed by atoms with Crippen molar-refractivity contribution in [1.82, 2.24) is 4.98 Å². The lowest BCUT2D eigenvalue weighted by Crippen LogP contribution is -2.45. The third-order valence-corrected chi connectivity index (χ3v) is 1.74. The second kappa shape index (κ2) is 3.65. The molecule has 0 aromatic carbocycles. The van der Waals surface area contributed by atoms with Crippen LogP contribution in [-0.4, -0.2) is 21.7 Å². The Labute approximate surface area is 83.2 Å². The van der Waals surface area contributed by atoms with Crippen molar-refractivity contribution in [2.45, 2.75) is 26.3 Å². The molecule has 14 heavy (non-hydrogen) atoms. The fourth-order valence-corrected chi connectivity index (χ4v) is 1.21. The summed E-state index contributed by atoms with van der Waals surface area (Å²) in [5, 5.41) is 9.05. The van der Waals surface area contributed by atoms with Crippen LogP contribution in [0.15, 0.2) is 24.4 Å². The molecule has 1 aromatic heterocycles. The average Bonchev–Trinajstić information content (AvgIpc) is 2.02. The van der Waals surface area contributed by atoms with Gasteiger partial charge in [0.1, 0.15) is 5.82 Å². The highest BCUT2D eigenvalue weighted by molar-refractivity contribution is 5.86. The van der Waals surface area contributed by atoms with Gasteiger partial charge in [0.2, 0.25) is 0 Å². The summed E-state index contributed by atoms with van der Waals surface area (Å²) in [6.45, 7) is 5.49. The van der Waals surface area contributed by atoms with Crippen molar-refractivity contribution < 1.29 is 9.90 Å². The number of anilines is 1. The molecule has 0 unspecified atom stereocenters. The molecule has 0 aliphatic rings. The molecule has 0 spiro atoms. The highest BCUT2D eigenvalue weighted by Crippen LogP contribution is 2.20. The number of rotatable bonds is 1. The van der Waals surface area contributed by atoms with Crippen LogP contribution in [0.1, 0.15) is 20.8 Å².